The maximum Gasteiger partial charge on any atom is 0.340 e. The minimum Gasteiger partial charge on any atom is -0.497 e. The molecule has 0 saturated carbocycles. The second kappa shape index (κ2) is 8.81. The zero-order valence-corrected chi connectivity index (χ0v) is 17.5. The van der Waals surface area contributed by atoms with Crippen molar-refractivity contribution in [1.29, 1.82) is 0 Å². The van der Waals surface area contributed by atoms with Crippen LogP contribution in [0.25, 0.3) is 22.6 Å². The highest BCUT2D eigenvalue weighted by Crippen LogP contribution is 2.40. The predicted molar refractivity (Wildman–Crippen MR) is 120 cm³/mol. The van der Waals surface area contributed by atoms with E-state index in [2.05, 4.69) is 0 Å². The van der Waals surface area contributed by atoms with E-state index in [1.807, 2.05) is 12.1 Å². The number of carbonyl (C=O) groups excluding carboxylic acids is 1. The van der Waals surface area contributed by atoms with Crippen LogP contribution < -0.4 is 9.47 Å². The van der Waals surface area contributed by atoms with E-state index in [9.17, 15) is 14.7 Å². The van der Waals surface area contributed by atoms with Crippen molar-refractivity contribution in [3.05, 3.63) is 95.6 Å². The van der Waals surface area contributed by atoms with E-state index in [4.69, 9.17) is 13.9 Å². The van der Waals surface area contributed by atoms with Gasteiger partial charge < -0.3 is 19.0 Å². The Balaban J connectivity index is 2.01. The van der Waals surface area contributed by atoms with Crippen LogP contribution in [0.4, 0.5) is 0 Å². The lowest BCUT2D eigenvalue weighted by atomic mass is 9.94. The minimum atomic E-state index is -1.26. The fourth-order valence-electron chi connectivity index (χ4n) is 3.56. The maximum atomic E-state index is 13.7. The van der Waals surface area contributed by atoms with Gasteiger partial charge in [-0.1, -0.05) is 60.7 Å². The first kappa shape index (κ1) is 20.9. The Kier molecular flexibility index (Phi) is 5.77. The first-order valence-corrected chi connectivity index (χ1v) is 9.82. The number of ketones is 1. The van der Waals surface area contributed by atoms with Crippen molar-refractivity contribution in [2.45, 2.75) is 0 Å². The maximum absolute atomic E-state index is 13.7. The van der Waals surface area contributed by atoms with Crippen LogP contribution in [0.1, 0.15) is 26.3 Å². The van der Waals surface area contributed by atoms with Gasteiger partial charge in [-0.3, -0.25) is 4.79 Å². The summed E-state index contributed by atoms with van der Waals surface area (Å²) in [6.45, 7) is 0. The van der Waals surface area contributed by atoms with Crippen LogP contribution in [0.2, 0.25) is 0 Å². The average molecular weight is 428 g/mol. The molecule has 1 N–H and O–H groups in total. The molecule has 0 saturated heterocycles. The molecule has 3 aromatic carbocycles. The lowest BCUT2D eigenvalue weighted by molar-refractivity contribution is 0.0693. The molecule has 1 aromatic heterocycles. The number of aromatic carboxylic acids is 1. The van der Waals surface area contributed by atoms with Gasteiger partial charge in [0.15, 0.2) is 0 Å². The van der Waals surface area contributed by atoms with Gasteiger partial charge in [0, 0.05) is 17.2 Å². The van der Waals surface area contributed by atoms with Crippen LogP contribution >= 0.6 is 0 Å². The van der Waals surface area contributed by atoms with Crippen molar-refractivity contribution in [1.82, 2.24) is 0 Å². The molecule has 0 fully saturated rings. The summed E-state index contributed by atoms with van der Waals surface area (Å²) in [5, 5.41) is 10.1. The van der Waals surface area contributed by atoms with Crippen LogP contribution in [0, 0.1) is 0 Å². The van der Waals surface area contributed by atoms with Crippen LogP contribution in [0.15, 0.2) is 83.3 Å². The van der Waals surface area contributed by atoms with Gasteiger partial charge in [-0.05, 0) is 12.1 Å². The van der Waals surface area contributed by atoms with E-state index in [1.54, 1.807) is 66.7 Å². The van der Waals surface area contributed by atoms with Crippen LogP contribution in [0.5, 0.6) is 11.5 Å². The summed E-state index contributed by atoms with van der Waals surface area (Å²) in [6.07, 6.45) is 0. The van der Waals surface area contributed by atoms with Crippen LogP contribution in [-0.2, 0) is 0 Å². The number of furan rings is 1. The largest absolute Gasteiger partial charge is 0.497 e. The van der Waals surface area contributed by atoms with Gasteiger partial charge in [0.25, 0.3) is 0 Å². The van der Waals surface area contributed by atoms with E-state index in [1.165, 1.54) is 14.2 Å². The van der Waals surface area contributed by atoms with Crippen molar-refractivity contribution >= 4 is 11.8 Å². The molecule has 1 heterocycles. The summed E-state index contributed by atoms with van der Waals surface area (Å²) in [7, 11) is 2.95. The van der Waals surface area contributed by atoms with Gasteiger partial charge in [0.05, 0.1) is 25.3 Å². The highest BCUT2D eigenvalue weighted by Gasteiger charge is 2.33. The molecular formula is C26H20O6. The van der Waals surface area contributed by atoms with Gasteiger partial charge >= 0.3 is 5.97 Å². The molecule has 0 radical (unpaired) electrons. The average Bonchev–Trinajstić information content (AvgIpc) is 3.25. The number of hydrogen-bond acceptors (Lipinski definition) is 5. The smallest absolute Gasteiger partial charge is 0.340 e. The fourth-order valence-corrected chi connectivity index (χ4v) is 3.56. The summed E-state index contributed by atoms with van der Waals surface area (Å²) in [4.78, 5) is 26.1. The second-order valence-corrected chi connectivity index (χ2v) is 6.94. The van der Waals surface area contributed by atoms with E-state index in [0.29, 0.717) is 16.9 Å². The van der Waals surface area contributed by atoms with Crippen LogP contribution in [0.3, 0.4) is 0 Å². The molecule has 32 heavy (non-hydrogen) atoms. The molecule has 0 aliphatic rings. The number of hydrogen-bond donors (Lipinski definition) is 1. The normalized spacial score (nSPS) is 10.6. The molecule has 0 bridgehead atoms. The number of ether oxygens (including phenoxy) is 2. The number of methoxy groups -OCH3 is 2. The monoisotopic (exact) mass is 428 g/mol. The van der Waals surface area contributed by atoms with Gasteiger partial charge in [-0.2, -0.15) is 0 Å². The zero-order chi connectivity index (χ0) is 22.7. The quantitative estimate of drug-likeness (QED) is 0.388. The number of carbonyl (C=O) groups is 2. The summed E-state index contributed by atoms with van der Waals surface area (Å²) < 4.78 is 16.7. The first-order valence-electron chi connectivity index (χ1n) is 9.82. The molecular weight excluding hydrogens is 408 g/mol. The highest BCUT2D eigenvalue weighted by molar-refractivity contribution is 6.20. The Bertz CT molecular complexity index is 1270. The lowest BCUT2D eigenvalue weighted by Gasteiger charge is -2.10. The van der Waals surface area contributed by atoms with Gasteiger partial charge in [0.2, 0.25) is 5.78 Å². The molecule has 4 rings (SSSR count). The second-order valence-electron chi connectivity index (χ2n) is 6.94. The van der Waals surface area contributed by atoms with Crippen molar-refractivity contribution in [2.75, 3.05) is 14.2 Å². The molecule has 6 heteroatoms. The third kappa shape index (κ3) is 3.74. The fraction of sp³-hybridized carbons (Fsp3) is 0.0769. The standard InChI is InChI=1S/C26H20O6/c1-30-18-13-14-19(20(15-18)31-2)23(27)21-22(26(28)29)25(17-11-7-4-8-12-17)32-24(21)16-9-5-3-6-10-16/h3-15H,1-2H3,(H,28,29). The summed E-state index contributed by atoms with van der Waals surface area (Å²) >= 11 is 0. The van der Waals surface area contributed by atoms with Crippen molar-refractivity contribution < 1.29 is 28.6 Å². The Hall–Kier alpha value is -4.32. The van der Waals surface area contributed by atoms with Gasteiger partial charge in [-0.15, -0.1) is 0 Å². The van der Waals surface area contributed by atoms with Gasteiger partial charge in [0.1, 0.15) is 28.6 Å². The van der Waals surface area contributed by atoms with E-state index in [-0.39, 0.29) is 34.0 Å². The van der Waals surface area contributed by atoms with Crippen molar-refractivity contribution in [3.8, 4) is 34.1 Å². The molecule has 6 nitrogen and oxygen atoms in total. The molecule has 0 aliphatic carbocycles. The number of carboxylic acids is 1. The number of rotatable bonds is 7. The minimum absolute atomic E-state index is 0.0361. The molecule has 4 aromatic rings. The Labute approximate surface area is 184 Å². The SMILES string of the molecule is COc1ccc(C(=O)c2c(-c3ccccc3)oc(-c3ccccc3)c2C(=O)O)c(OC)c1. The number of benzene rings is 3. The van der Waals surface area contributed by atoms with Crippen LogP contribution in [-0.4, -0.2) is 31.1 Å². The molecule has 0 aliphatic heterocycles. The highest BCUT2D eigenvalue weighted by atomic mass is 16.5. The lowest BCUT2D eigenvalue weighted by Crippen LogP contribution is -2.10. The summed E-state index contributed by atoms with van der Waals surface area (Å²) in [5.41, 5.74) is 1.12. The summed E-state index contributed by atoms with van der Waals surface area (Å²) in [5.74, 6) is -0.695. The summed E-state index contributed by atoms with van der Waals surface area (Å²) in [6, 6.07) is 22.5. The number of carboxylic acid groups (broad SMARTS) is 1. The molecule has 0 unspecified atom stereocenters. The molecule has 0 atom stereocenters. The topological polar surface area (TPSA) is 86.0 Å². The third-order valence-electron chi connectivity index (χ3n) is 5.07. The Morgan fingerprint density at radius 1 is 0.750 bits per heavy atom. The van der Waals surface area contributed by atoms with E-state index < -0.39 is 11.8 Å². The molecule has 160 valence electrons. The van der Waals surface area contributed by atoms with Crippen molar-refractivity contribution in [2.24, 2.45) is 0 Å². The molecule has 0 amide bonds. The third-order valence-corrected chi connectivity index (χ3v) is 5.07. The van der Waals surface area contributed by atoms with Crippen molar-refractivity contribution in [3.63, 3.8) is 0 Å². The van der Waals surface area contributed by atoms with E-state index in [0.717, 1.165) is 0 Å². The Morgan fingerprint density at radius 3 is 1.81 bits per heavy atom. The zero-order valence-electron chi connectivity index (χ0n) is 17.5. The first-order chi connectivity index (χ1) is 15.5. The predicted octanol–water partition coefficient (Wildman–Crippen LogP) is 5.56. The molecule has 0 spiro atoms. The Morgan fingerprint density at radius 2 is 1.31 bits per heavy atom. The van der Waals surface area contributed by atoms with Gasteiger partial charge in [-0.25, -0.2) is 4.79 Å². The van der Waals surface area contributed by atoms with E-state index >= 15 is 0 Å².